The fraction of sp³-hybridized carbons (Fsp3) is 0.200. The van der Waals surface area contributed by atoms with Crippen LogP contribution in [0.25, 0.3) is 6.08 Å². The molecule has 7 heteroatoms. The molecule has 1 amide bonds. The second-order valence-electron chi connectivity index (χ2n) is 7.41. The normalized spacial score (nSPS) is 10.8. The van der Waals surface area contributed by atoms with Crippen LogP contribution in [0, 0.1) is 20.8 Å². The van der Waals surface area contributed by atoms with Crippen molar-refractivity contribution in [1.82, 2.24) is 4.98 Å². The number of hydrogen-bond donors (Lipinski definition) is 3. The van der Waals surface area contributed by atoms with Gasteiger partial charge in [-0.15, -0.1) is 0 Å². The molecule has 3 rings (SSSR count). The number of nitrogens with zero attached hydrogens (tertiary/aromatic N) is 1. The molecule has 0 atom stereocenters. The van der Waals surface area contributed by atoms with E-state index in [1.54, 1.807) is 26.5 Å². The summed E-state index contributed by atoms with van der Waals surface area (Å²) in [5, 5.41) is 6.16. The van der Waals surface area contributed by atoms with Crippen LogP contribution in [0.15, 0.2) is 48.7 Å². The fourth-order valence-corrected chi connectivity index (χ4v) is 3.35. The van der Waals surface area contributed by atoms with Crippen molar-refractivity contribution in [2.45, 2.75) is 20.8 Å². The van der Waals surface area contributed by atoms with E-state index in [1.807, 2.05) is 57.2 Å². The molecular formula is C25H28N4O3. The lowest BCUT2D eigenvalue weighted by Crippen LogP contribution is -2.11. The van der Waals surface area contributed by atoms with Crippen molar-refractivity contribution in [2.24, 2.45) is 0 Å². The molecule has 0 aliphatic rings. The lowest BCUT2D eigenvalue weighted by Gasteiger charge is -2.14. The molecule has 0 spiro atoms. The summed E-state index contributed by atoms with van der Waals surface area (Å²) >= 11 is 0. The van der Waals surface area contributed by atoms with Crippen LogP contribution in [0.1, 0.15) is 22.3 Å². The molecule has 0 bridgehead atoms. The number of nitrogens with two attached hydrogens (primary N) is 1. The predicted octanol–water partition coefficient (Wildman–Crippen LogP) is 5.00. The third-order valence-electron chi connectivity index (χ3n) is 5.10. The van der Waals surface area contributed by atoms with E-state index in [0.29, 0.717) is 28.7 Å². The Morgan fingerprint density at radius 1 is 1.03 bits per heavy atom. The Balaban J connectivity index is 1.82. The van der Waals surface area contributed by atoms with Gasteiger partial charge in [0.15, 0.2) is 11.5 Å². The molecule has 32 heavy (non-hydrogen) atoms. The van der Waals surface area contributed by atoms with Crippen LogP contribution < -0.4 is 25.8 Å². The zero-order chi connectivity index (χ0) is 23.3. The van der Waals surface area contributed by atoms with E-state index in [1.165, 1.54) is 6.08 Å². The highest BCUT2D eigenvalue weighted by molar-refractivity contribution is 6.04. The zero-order valence-corrected chi connectivity index (χ0v) is 18.9. The van der Waals surface area contributed by atoms with Crippen LogP contribution >= 0.6 is 0 Å². The summed E-state index contributed by atoms with van der Waals surface area (Å²) in [6.45, 7) is 5.75. The number of rotatable bonds is 7. The van der Waals surface area contributed by atoms with Gasteiger partial charge in [0.1, 0.15) is 5.82 Å². The minimum Gasteiger partial charge on any atom is -0.493 e. The van der Waals surface area contributed by atoms with Crippen molar-refractivity contribution in [3.05, 3.63) is 70.9 Å². The van der Waals surface area contributed by atoms with E-state index in [9.17, 15) is 4.79 Å². The van der Waals surface area contributed by atoms with Crippen LogP contribution in [0.2, 0.25) is 0 Å². The Kier molecular flexibility index (Phi) is 7.00. The fourth-order valence-electron chi connectivity index (χ4n) is 3.35. The summed E-state index contributed by atoms with van der Waals surface area (Å²) in [6.07, 6.45) is 4.85. The largest absolute Gasteiger partial charge is 0.493 e. The monoisotopic (exact) mass is 432 g/mol. The summed E-state index contributed by atoms with van der Waals surface area (Å²) in [6, 6.07) is 11.3. The first-order valence-electron chi connectivity index (χ1n) is 10.1. The molecule has 0 unspecified atom stereocenters. The van der Waals surface area contributed by atoms with Gasteiger partial charge in [0, 0.05) is 29.6 Å². The quantitative estimate of drug-likeness (QED) is 0.359. The Hall–Kier alpha value is -4.00. The van der Waals surface area contributed by atoms with Crippen molar-refractivity contribution >= 4 is 34.9 Å². The molecule has 0 aliphatic carbocycles. The van der Waals surface area contributed by atoms with Gasteiger partial charge in [0.2, 0.25) is 5.91 Å². The molecule has 0 aliphatic heterocycles. The third kappa shape index (κ3) is 5.00. The van der Waals surface area contributed by atoms with Crippen molar-refractivity contribution in [3.8, 4) is 11.5 Å². The second-order valence-corrected chi connectivity index (χ2v) is 7.41. The van der Waals surface area contributed by atoms with E-state index in [-0.39, 0.29) is 5.91 Å². The van der Waals surface area contributed by atoms with Gasteiger partial charge in [0.05, 0.1) is 25.6 Å². The van der Waals surface area contributed by atoms with Gasteiger partial charge in [-0.05, 0) is 61.7 Å². The van der Waals surface area contributed by atoms with Crippen LogP contribution in [0.3, 0.4) is 0 Å². The molecule has 7 nitrogen and oxygen atoms in total. The number of ether oxygens (including phenoxy) is 2. The number of anilines is 4. The molecule has 1 aromatic heterocycles. The highest BCUT2D eigenvalue weighted by Gasteiger charge is 2.11. The number of methoxy groups -OCH3 is 2. The minimum atomic E-state index is -0.276. The molecule has 2 aromatic carbocycles. The number of carbonyl (C=O) groups excluding carboxylic acids is 1. The molecule has 0 saturated carbocycles. The second kappa shape index (κ2) is 9.87. The molecule has 0 radical (unpaired) electrons. The maximum Gasteiger partial charge on any atom is 0.248 e. The van der Waals surface area contributed by atoms with Crippen molar-refractivity contribution in [3.63, 3.8) is 0 Å². The topological polar surface area (TPSA) is 98.5 Å². The number of nitrogens with one attached hydrogen (secondary N) is 2. The van der Waals surface area contributed by atoms with Gasteiger partial charge in [-0.3, -0.25) is 4.79 Å². The number of nitrogen functional groups attached to an aromatic ring is 1. The van der Waals surface area contributed by atoms with Crippen molar-refractivity contribution < 1.29 is 14.3 Å². The average molecular weight is 433 g/mol. The SMILES string of the molecule is COc1cc(Nc2ncccc2/C=C/C(=O)Nc2c(C)ccc(C)c2N)cc(C)c1OC. The van der Waals surface area contributed by atoms with Crippen molar-refractivity contribution in [1.29, 1.82) is 0 Å². The third-order valence-corrected chi connectivity index (χ3v) is 5.10. The van der Waals surface area contributed by atoms with Crippen molar-refractivity contribution in [2.75, 3.05) is 30.6 Å². The summed E-state index contributed by atoms with van der Waals surface area (Å²) in [7, 11) is 3.20. The van der Waals surface area contributed by atoms with Gasteiger partial charge < -0.3 is 25.8 Å². The van der Waals surface area contributed by atoms with Gasteiger partial charge in [-0.2, -0.15) is 0 Å². The smallest absolute Gasteiger partial charge is 0.248 e. The molecule has 4 N–H and O–H groups in total. The Bertz CT molecular complexity index is 1170. The number of pyridine rings is 1. The number of aryl methyl sites for hydroxylation is 3. The zero-order valence-electron chi connectivity index (χ0n) is 18.9. The van der Waals surface area contributed by atoms with Gasteiger partial charge >= 0.3 is 0 Å². The van der Waals surface area contributed by atoms with Crippen LogP contribution in [0.4, 0.5) is 22.9 Å². The first kappa shape index (κ1) is 22.7. The maximum atomic E-state index is 12.5. The standard InChI is InChI=1S/C25H28N4O3/c1-15-8-9-16(2)23(22(15)26)29-21(30)11-10-18-7-6-12-27-25(18)28-19-13-17(3)24(32-5)20(14-19)31-4/h6-14H,26H2,1-5H3,(H,27,28)(H,29,30)/b11-10+. The lowest BCUT2D eigenvalue weighted by atomic mass is 10.1. The highest BCUT2D eigenvalue weighted by atomic mass is 16.5. The Morgan fingerprint density at radius 2 is 1.78 bits per heavy atom. The molecule has 0 saturated heterocycles. The predicted molar refractivity (Wildman–Crippen MR) is 130 cm³/mol. The molecule has 3 aromatic rings. The summed E-state index contributed by atoms with van der Waals surface area (Å²) in [5.74, 6) is 1.63. The van der Waals surface area contributed by atoms with Gasteiger partial charge in [-0.1, -0.05) is 12.1 Å². The van der Waals surface area contributed by atoms with E-state index in [4.69, 9.17) is 15.2 Å². The molecular weight excluding hydrogens is 404 g/mol. The molecule has 1 heterocycles. The number of carbonyl (C=O) groups is 1. The van der Waals surface area contributed by atoms with E-state index in [2.05, 4.69) is 15.6 Å². The summed E-state index contributed by atoms with van der Waals surface area (Å²) in [5.41, 5.74) is 11.6. The lowest BCUT2D eigenvalue weighted by molar-refractivity contribution is -0.111. The highest BCUT2D eigenvalue weighted by Crippen LogP contribution is 2.35. The number of hydrogen-bond acceptors (Lipinski definition) is 6. The first-order chi connectivity index (χ1) is 15.3. The Morgan fingerprint density at radius 3 is 2.50 bits per heavy atom. The minimum absolute atomic E-state index is 0.276. The summed E-state index contributed by atoms with van der Waals surface area (Å²) < 4.78 is 10.8. The number of aromatic nitrogens is 1. The van der Waals surface area contributed by atoms with Crippen LogP contribution in [0.5, 0.6) is 11.5 Å². The van der Waals surface area contributed by atoms with E-state index < -0.39 is 0 Å². The molecule has 166 valence electrons. The first-order valence-corrected chi connectivity index (χ1v) is 10.1. The Labute approximate surface area is 188 Å². The van der Waals surface area contributed by atoms with E-state index >= 15 is 0 Å². The number of amides is 1. The summed E-state index contributed by atoms with van der Waals surface area (Å²) in [4.78, 5) is 17.0. The van der Waals surface area contributed by atoms with Gasteiger partial charge in [-0.25, -0.2) is 4.98 Å². The van der Waals surface area contributed by atoms with E-state index in [0.717, 1.165) is 27.9 Å². The molecule has 0 fully saturated rings. The van der Waals surface area contributed by atoms with Crippen LogP contribution in [-0.2, 0) is 4.79 Å². The maximum absolute atomic E-state index is 12.5. The van der Waals surface area contributed by atoms with Gasteiger partial charge in [0.25, 0.3) is 0 Å². The average Bonchev–Trinajstić information content (AvgIpc) is 2.78. The van der Waals surface area contributed by atoms with Crippen LogP contribution in [-0.4, -0.2) is 25.1 Å². The number of benzene rings is 2.